The second-order valence-electron chi connectivity index (χ2n) is 3.69. The second kappa shape index (κ2) is 5.61. The van der Waals surface area contributed by atoms with E-state index in [4.69, 9.17) is 4.74 Å². The van der Waals surface area contributed by atoms with Crippen molar-refractivity contribution in [3.8, 4) is 0 Å². The number of hydrogen-bond donors (Lipinski definition) is 1. The predicted molar refractivity (Wildman–Crippen MR) is 59.4 cm³/mol. The van der Waals surface area contributed by atoms with Gasteiger partial charge in [-0.25, -0.2) is 0 Å². The van der Waals surface area contributed by atoms with E-state index < -0.39 is 0 Å². The van der Waals surface area contributed by atoms with Crippen LogP contribution in [0.1, 0.15) is 26.7 Å². The SMILES string of the molecule is CCOC(=O)C1CCN(C(C)S)CC1. The van der Waals surface area contributed by atoms with Gasteiger partial charge in [0.25, 0.3) is 0 Å². The first-order valence-electron chi connectivity index (χ1n) is 5.24. The highest BCUT2D eigenvalue weighted by Crippen LogP contribution is 2.20. The second-order valence-corrected chi connectivity index (χ2v) is 4.44. The molecule has 1 saturated heterocycles. The normalized spacial score (nSPS) is 21.9. The van der Waals surface area contributed by atoms with Crippen LogP contribution in [-0.4, -0.2) is 35.9 Å². The quantitative estimate of drug-likeness (QED) is 0.574. The molecule has 0 aromatic rings. The Labute approximate surface area is 91.2 Å². The standard InChI is InChI=1S/C10H19NO2S/c1-3-13-10(12)9-4-6-11(7-5-9)8(2)14/h8-9,14H,3-7H2,1-2H3. The molecule has 4 heteroatoms. The Kier molecular flexibility index (Phi) is 4.75. The van der Waals surface area contributed by atoms with E-state index in [-0.39, 0.29) is 17.3 Å². The summed E-state index contributed by atoms with van der Waals surface area (Å²) in [6.45, 7) is 6.31. The predicted octanol–water partition coefficient (Wildman–Crippen LogP) is 1.54. The highest BCUT2D eigenvalue weighted by atomic mass is 32.1. The average molecular weight is 217 g/mol. The highest BCUT2D eigenvalue weighted by Gasteiger charge is 2.26. The monoisotopic (exact) mass is 217 g/mol. The third-order valence-electron chi connectivity index (χ3n) is 2.68. The van der Waals surface area contributed by atoms with E-state index in [9.17, 15) is 4.79 Å². The van der Waals surface area contributed by atoms with Gasteiger partial charge in [-0.2, -0.15) is 12.6 Å². The molecule has 1 heterocycles. The first-order chi connectivity index (χ1) is 6.65. The summed E-state index contributed by atoms with van der Waals surface area (Å²) in [5.41, 5.74) is 0. The van der Waals surface area contributed by atoms with Crippen LogP contribution in [0.2, 0.25) is 0 Å². The van der Waals surface area contributed by atoms with Crippen LogP contribution < -0.4 is 0 Å². The van der Waals surface area contributed by atoms with Crippen molar-refractivity contribution in [2.75, 3.05) is 19.7 Å². The van der Waals surface area contributed by atoms with E-state index in [1.165, 1.54) is 0 Å². The Morgan fingerprint density at radius 2 is 2.14 bits per heavy atom. The van der Waals surface area contributed by atoms with Gasteiger partial charge in [-0.3, -0.25) is 9.69 Å². The number of likely N-dealkylation sites (tertiary alicyclic amines) is 1. The summed E-state index contributed by atoms with van der Waals surface area (Å²) < 4.78 is 5.00. The van der Waals surface area contributed by atoms with Gasteiger partial charge >= 0.3 is 5.97 Å². The van der Waals surface area contributed by atoms with Crippen molar-refractivity contribution in [3.63, 3.8) is 0 Å². The zero-order valence-corrected chi connectivity index (χ0v) is 9.80. The number of thiol groups is 1. The minimum atomic E-state index is -0.0287. The summed E-state index contributed by atoms with van der Waals surface area (Å²) in [7, 11) is 0. The molecule has 0 N–H and O–H groups in total. The lowest BCUT2D eigenvalue weighted by Crippen LogP contribution is -2.39. The Morgan fingerprint density at radius 1 is 1.57 bits per heavy atom. The van der Waals surface area contributed by atoms with Crippen LogP contribution in [0.15, 0.2) is 0 Å². The minimum absolute atomic E-state index is 0.0287. The molecule has 0 spiro atoms. The average Bonchev–Trinajstić information content (AvgIpc) is 2.18. The smallest absolute Gasteiger partial charge is 0.309 e. The number of hydrogen-bond acceptors (Lipinski definition) is 4. The first-order valence-corrected chi connectivity index (χ1v) is 5.75. The zero-order valence-electron chi connectivity index (χ0n) is 8.90. The molecule has 1 fully saturated rings. The van der Waals surface area contributed by atoms with Crippen molar-refractivity contribution < 1.29 is 9.53 Å². The summed E-state index contributed by atoms with van der Waals surface area (Å²) in [5.74, 6) is 0.0808. The maximum absolute atomic E-state index is 11.4. The van der Waals surface area contributed by atoms with E-state index >= 15 is 0 Å². The molecule has 0 aromatic heterocycles. The summed E-state index contributed by atoms with van der Waals surface area (Å²) in [6.07, 6.45) is 1.81. The lowest BCUT2D eigenvalue weighted by molar-refractivity contribution is -0.149. The number of carbonyl (C=O) groups excluding carboxylic acids is 1. The maximum atomic E-state index is 11.4. The molecule has 1 aliphatic rings. The van der Waals surface area contributed by atoms with E-state index in [0.29, 0.717) is 6.61 Å². The van der Waals surface area contributed by atoms with Crippen molar-refractivity contribution >= 4 is 18.6 Å². The van der Waals surface area contributed by atoms with Gasteiger partial charge in [-0.15, -0.1) is 0 Å². The largest absolute Gasteiger partial charge is 0.466 e. The third kappa shape index (κ3) is 3.17. The Hall–Kier alpha value is -0.220. The molecule has 82 valence electrons. The lowest BCUT2D eigenvalue weighted by Gasteiger charge is -2.32. The number of nitrogens with zero attached hydrogens (tertiary/aromatic N) is 1. The van der Waals surface area contributed by atoms with Gasteiger partial charge in [0, 0.05) is 18.5 Å². The molecule has 1 unspecified atom stereocenters. The number of rotatable bonds is 3. The molecular formula is C10H19NO2S. The van der Waals surface area contributed by atoms with E-state index in [0.717, 1.165) is 25.9 Å². The van der Waals surface area contributed by atoms with Gasteiger partial charge in [0.05, 0.1) is 12.5 Å². The van der Waals surface area contributed by atoms with Crippen molar-refractivity contribution in [2.24, 2.45) is 5.92 Å². The van der Waals surface area contributed by atoms with E-state index in [1.807, 2.05) is 6.92 Å². The molecule has 0 radical (unpaired) electrons. The summed E-state index contributed by atoms with van der Waals surface area (Å²) in [4.78, 5) is 13.7. The fourth-order valence-corrected chi connectivity index (χ4v) is 2.00. The number of piperidine rings is 1. The molecule has 1 aliphatic heterocycles. The van der Waals surface area contributed by atoms with Gasteiger partial charge in [0.1, 0.15) is 0 Å². The molecular weight excluding hydrogens is 198 g/mol. The fourth-order valence-electron chi connectivity index (χ4n) is 1.77. The van der Waals surface area contributed by atoms with Crippen LogP contribution in [0.4, 0.5) is 0 Å². The number of esters is 1. The van der Waals surface area contributed by atoms with Gasteiger partial charge < -0.3 is 4.74 Å². The van der Waals surface area contributed by atoms with E-state index in [2.05, 4.69) is 24.5 Å². The van der Waals surface area contributed by atoms with Crippen molar-refractivity contribution in [1.29, 1.82) is 0 Å². The topological polar surface area (TPSA) is 29.5 Å². The Balaban J connectivity index is 2.31. The van der Waals surface area contributed by atoms with E-state index in [1.54, 1.807) is 0 Å². The van der Waals surface area contributed by atoms with Crippen LogP contribution in [-0.2, 0) is 9.53 Å². The minimum Gasteiger partial charge on any atom is -0.466 e. The van der Waals surface area contributed by atoms with Crippen LogP contribution in [0, 0.1) is 5.92 Å². The van der Waals surface area contributed by atoms with Gasteiger partial charge in [0.15, 0.2) is 0 Å². The molecule has 1 rings (SSSR count). The molecule has 0 amide bonds. The summed E-state index contributed by atoms with van der Waals surface area (Å²) in [6, 6.07) is 0. The van der Waals surface area contributed by atoms with Crippen molar-refractivity contribution in [3.05, 3.63) is 0 Å². The van der Waals surface area contributed by atoms with Crippen LogP contribution in [0.5, 0.6) is 0 Å². The summed E-state index contributed by atoms with van der Waals surface area (Å²) in [5, 5.41) is 0.290. The van der Waals surface area contributed by atoms with Crippen LogP contribution in [0.3, 0.4) is 0 Å². The third-order valence-corrected chi connectivity index (χ3v) is 3.00. The molecule has 0 aromatic carbocycles. The Bertz CT molecular complexity index is 189. The number of carbonyl (C=O) groups is 1. The van der Waals surface area contributed by atoms with Crippen LogP contribution >= 0.6 is 12.6 Å². The van der Waals surface area contributed by atoms with Gasteiger partial charge in [0.2, 0.25) is 0 Å². The fraction of sp³-hybridized carbons (Fsp3) is 0.900. The van der Waals surface area contributed by atoms with Crippen molar-refractivity contribution in [2.45, 2.75) is 32.1 Å². The van der Waals surface area contributed by atoms with Crippen molar-refractivity contribution in [1.82, 2.24) is 4.90 Å². The molecule has 14 heavy (non-hydrogen) atoms. The van der Waals surface area contributed by atoms with Gasteiger partial charge in [-0.05, 0) is 26.7 Å². The summed E-state index contributed by atoms with van der Waals surface area (Å²) >= 11 is 4.37. The molecule has 0 bridgehead atoms. The first kappa shape index (κ1) is 11.9. The molecule has 0 aliphatic carbocycles. The van der Waals surface area contributed by atoms with Crippen LogP contribution in [0.25, 0.3) is 0 Å². The molecule has 0 saturated carbocycles. The number of ether oxygens (including phenoxy) is 1. The lowest BCUT2D eigenvalue weighted by atomic mass is 9.97. The molecule has 1 atom stereocenters. The Morgan fingerprint density at radius 3 is 2.57 bits per heavy atom. The molecule has 3 nitrogen and oxygen atoms in total. The maximum Gasteiger partial charge on any atom is 0.309 e. The van der Waals surface area contributed by atoms with Gasteiger partial charge in [-0.1, -0.05) is 0 Å². The highest BCUT2D eigenvalue weighted by molar-refractivity contribution is 7.80. The zero-order chi connectivity index (χ0) is 10.6.